The van der Waals surface area contributed by atoms with E-state index in [1.54, 1.807) is 0 Å². The van der Waals surface area contributed by atoms with Gasteiger partial charge in [0.25, 0.3) is 0 Å². The lowest BCUT2D eigenvalue weighted by Crippen LogP contribution is -2.49. The largest absolute Gasteiger partial charge is 0.325 e. The zero-order valence-corrected chi connectivity index (χ0v) is 14.0. The van der Waals surface area contributed by atoms with Crippen LogP contribution in [-0.2, 0) is 4.79 Å². The van der Waals surface area contributed by atoms with E-state index in [2.05, 4.69) is 34.2 Å². The molecule has 1 aromatic carbocycles. The molecule has 4 bridgehead atoms. The number of hydrogen-bond acceptors (Lipinski definition) is 1. The van der Waals surface area contributed by atoms with Crippen LogP contribution >= 0.6 is 15.9 Å². The maximum atomic E-state index is 12.8. The summed E-state index contributed by atoms with van der Waals surface area (Å²) < 4.78 is 1.02. The first kappa shape index (κ1) is 13.8. The molecule has 0 heterocycles. The van der Waals surface area contributed by atoms with Gasteiger partial charge in [0.05, 0.1) is 5.69 Å². The van der Waals surface area contributed by atoms with E-state index in [1.807, 2.05) is 12.1 Å². The van der Waals surface area contributed by atoms with Crippen LogP contribution in [0.2, 0.25) is 0 Å². The Hall–Kier alpha value is -0.830. The minimum atomic E-state index is 0.255. The Balaban J connectivity index is 1.54. The Morgan fingerprint density at radius 3 is 2.33 bits per heavy atom. The minimum Gasteiger partial charge on any atom is -0.325 e. The van der Waals surface area contributed by atoms with E-state index in [9.17, 15) is 4.79 Å². The van der Waals surface area contributed by atoms with Crippen molar-refractivity contribution in [2.75, 3.05) is 5.32 Å². The summed E-state index contributed by atoms with van der Waals surface area (Å²) in [6.07, 6.45) is 6.60. The number of carbonyl (C=O) groups is 1. The average Bonchev–Trinajstić information content (AvgIpc) is 2.42. The van der Waals surface area contributed by atoms with Crippen molar-refractivity contribution in [1.29, 1.82) is 0 Å². The van der Waals surface area contributed by atoms with Crippen LogP contribution in [0, 0.1) is 36.5 Å². The van der Waals surface area contributed by atoms with E-state index in [4.69, 9.17) is 0 Å². The molecule has 0 spiro atoms. The highest BCUT2D eigenvalue weighted by Gasteiger charge is 2.50. The first-order chi connectivity index (χ1) is 10.1. The van der Waals surface area contributed by atoms with Gasteiger partial charge in [-0.1, -0.05) is 12.1 Å². The van der Waals surface area contributed by atoms with E-state index in [1.165, 1.54) is 32.1 Å². The molecular formula is C18H22BrNO. The monoisotopic (exact) mass is 347 g/mol. The minimum absolute atomic E-state index is 0.255. The van der Waals surface area contributed by atoms with Crippen molar-refractivity contribution in [3.8, 4) is 0 Å². The normalized spacial score (nSPS) is 36.8. The summed E-state index contributed by atoms with van der Waals surface area (Å²) in [6, 6.07) is 6.06. The van der Waals surface area contributed by atoms with E-state index in [-0.39, 0.29) is 11.8 Å². The quantitative estimate of drug-likeness (QED) is 0.820. The molecule has 0 radical (unpaired) electrons. The molecule has 4 fully saturated rings. The number of anilines is 1. The third kappa shape index (κ3) is 2.34. The summed E-state index contributed by atoms with van der Waals surface area (Å²) in [5.74, 6) is 3.64. The fourth-order valence-corrected chi connectivity index (χ4v) is 5.68. The molecule has 4 aliphatic rings. The zero-order valence-electron chi connectivity index (χ0n) is 12.4. The number of amides is 1. The summed E-state index contributed by atoms with van der Waals surface area (Å²) in [5, 5.41) is 3.19. The molecule has 1 aromatic rings. The van der Waals surface area contributed by atoms with Gasteiger partial charge < -0.3 is 5.32 Å². The van der Waals surface area contributed by atoms with Crippen LogP contribution in [0.4, 0.5) is 5.69 Å². The number of rotatable bonds is 2. The van der Waals surface area contributed by atoms with E-state index >= 15 is 0 Å². The molecule has 4 saturated carbocycles. The van der Waals surface area contributed by atoms with Crippen molar-refractivity contribution in [2.45, 2.75) is 39.0 Å². The maximum Gasteiger partial charge on any atom is 0.228 e. The number of hydrogen-bond donors (Lipinski definition) is 1. The molecule has 1 amide bonds. The van der Waals surface area contributed by atoms with Crippen LogP contribution < -0.4 is 5.32 Å². The second-order valence-electron chi connectivity index (χ2n) is 7.38. The predicted molar refractivity (Wildman–Crippen MR) is 88.0 cm³/mol. The molecule has 0 aliphatic heterocycles. The van der Waals surface area contributed by atoms with Gasteiger partial charge in [0.1, 0.15) is 0 Å². The topological polar surface area (TPSA) is 29.1 Å². The lowest BCUT2D eigenvalue weighted by atomic mass is 9.51. The molecule has 0 aromatic heterocycles. The van der Waals surface area contributed by atoms with Gasteiger partial charge in [-0.2, -0.15) is 0 Å². The van der Waals surface area contributed by atoms with Crippen molar-refractivity contribution in [2.24, 2.45) is 29.6 Å². The van der Waals surface area contributed by atoms with Crippen molar-refractivity contribution in [1.82, 2.24) is 0 Å². The molecule has 5 rings (SSSR count). The molecular weight excluding hydrogens is 326 g/mol. The highest BCUT2D eigenvalue weighted by atomic mass is 79.9. The van der Waals surface area contributed by atoms with Gasteiger partial charge in [0.2, 0.25) is 5.91 Å². The molecule has 0 saturated heterocycles. The third-order valence-electron chi connectivity index (χ3n) is 5.98. The van der Waals surface area contributed by atoms with Crippen LogP contribution in [0.25, 0.3) is 0 Å². The Kier molecular flexibility index (Phi) is 3.36. The van der Waals surface area contributed by atoms with E-state index in [0.717, 1.165) is 27.6 Å². The van der Waals surface area contributed by atoms with Gasteiger partial charge in [-0.3, -0.25) is 4.79 Å². The summed E-state index contributed by atoms with van der Waals surface area (Å²) in [5.41, 5.74) is 2.09. The summed E-state index contributed by atoms with van der Waals surface area (Å²) in [7, 11) is 0. The van der Waals surface area contributed by atoms with E-state index in [0.29, 0.717) is 11.8 Å². The molecule has 2 nitrogen and oxygen atoms in total. The van der Waals surface area contributed by atoms with E-state index < -0.39 is 0 Å². The molecule has 3 heteroatoms. The van der Waals surface area contributed by atoms with Gasteiger partial charge in [0.15, 0.2) is 0 Å². The Labute approximate surface area is 134 Å². The average molecular weight is 348 g/mol. The third-order valence-corrected chi connectivity index (χ3v) is 7.03. The van der Waals surface area contributed by atoms with Crippen LogP contribution in [0.1, 0.15) is 37.7 Å². The number of aryl methyl sites for hydroxylation is 1. The van der Waals surface area contributed by atoms with Gasteiger partial charge >= 0.3 is 0 Å². The summed E-state index contributed by atoms with van der Waals surface area (Å²) >= 11 is 3.60. The second kappa shape index (κ2) is 5.12. The Morgan fingerprint density at radius 2 is 1.71 bits per heavy atom. The Morgan fingerprint density at radius 1 is 1.10 bits per heavy atom. The van der Waals surface area contributed by atoms with Gasteiger partial charge in [-0.05, 0) is 90.3 Å². The first-order valence-electron chi connectivity index (χ1n) is 8.17. The van der Waals surface area contributed by atoms with Gasteiger partial charge in [-0.15, -0.1) is 0 Å². The SMILES string of the molecule is Cc1cccc(NC(=O)C2C3CC4CC(C3)CC2C4)c1Br. The number of halogens is 1. The van der Waals surface area contributed by atoms with Crippen molar-refractivity contribution >= 4 is 27.5 Å². The Bertz CT molecular complexity index is 555. The first-order valence-corrected chi connectivity index (χ1v) is 8.97. The zero-order chi connectivity index (χ0) is 14.6. The lowest BCUT2D eigenvalue weighted by Gasteiger charge is -2.53. The molecule has 4 aliphatic carbocycles. The summed E-state index contributed by atoms with van der Waals surface area (Å²) in [6.45, 7) is 2.06. The van der Waals surface area contributed by atoms with Crippen LogP contribution in [-0.4, -0.2) is 5.91 Å². The fraction of sp³-hybridized carbons (Fsp3) is 0.611. The molecule has 0 atom stereocenters. The number of carbonyl (C=O) groups excluding carboxylic acids is 1. The molecule has 112 valence electrons. The van der Waals surface area contributed by atoms with Crippen molar-refractivity contribution in [3.63, 3.8) is 0 Å². The molecule has 0 unspecified atom stereocenters. The highest BCUT2D eigenvalue weighted by molar-refractivity contribution is 9.10. The van der Waals surface area contributed by atoms with Gasteiger partial charge in [0, 0.05) is 10.4 Å². The smallest absolute Gasteiger partial charge is 0.228 e. The van der Waals surface area contributed by atoms with Crippen LogP contribution in [0.5, 0.6) is 0 Å². The highest BCUT2D eigenvalue weighted by Crippen LogP contribution is 2.56. The molecule has 21 heavy (non-hydrogen) atoms. The van der Waals surface area contributed by atoms with Crippen molar-refractivity contribution < 1.29 is 4.79 Å². The number of nitrogens with one attached hydrogen (secondary N) is 1. The maximum absolute atomic E-state index is 12.8. The van der Waals surface area contributed by atoms with Crippen LogP contribution in [0.3, 0.4) is 0 Å². The standard InChI is InChI=1S/C18H22BrNO/c1-10-3-2-4-15(17(10)19)20-18(21)16-13-6-11-5-12(8-13)9-14(16)7-11/h2-4,11-14,16H,5-9H2,1H3,(H,20,21). The van der Waals surface area contributed by atoms with Crippen LogP contribution in [0.15, 0.2) is 22.7 Å². The molecule has 1 N–H and O–H groups in total. The van der Waals surface area contributed by atoms with Crippen molar-refractivity contribution in [3.05, 3.63) is 28.2 Å². The summed E-state index contributed by atoms with van der Waals surface area (Å²) in [4.78, 5) is 12.8. The predicted octanol–water partition coefficient (Wildman–Crippen LogP) is 4.77. The second-order valence-corrected chi connectivity index (χ2v) is 8.18. The van der Waals surface area contributed by atoms with Gasteiger partial charge in [-0.25, -0.2) is 0 Å². The lowest BCUT2D eigenvalue weighted by molar-refractivity contribution is -0.132. The fourth-order valence-electron chi connectivity index (χ4n) is 5.31. The number of benzene rings is 1.